The molecule has 0 bridgehead atoms. The maximum Gasteiger partial charge on any atom is 0.257 e. The van der Waals surface area contributed by atoms with E-state index >= 15 is 0 Å². The third-order valence-electron chi connectivity index (χ3n) is 6.31. The van der Waals surface area contributed by atoms with Crippen molar-refractivity contribution in [3.63, 3.8) is 0 Å². The average molecular weight is 406 g/mol. The van der Waals surface area contributed by atoms with Crippen LogP contribution in [0.25, 0.3) is 11.5 Å². The number of rotatable bonds is 7. The van der Waals surface area contributed by atoms with Crippen LogP contribution in [0.1, 0.15) is 57.2 Å². The number of piperidine rings is 1. The van der Waals surface area contributed by atoms with Gasteiger partial charge in [-0.25, -0.2) is 0 Å². The van der Waals surface area contributed by atoms with Crippen molar-refractivity contribution in [3.05, 3.63) is 30.1 Å². The van der Waals surface area contributed by atoms with E-state index in [1.54, 1.807) is 7.11 Å². The molecule has 28 heavy (non-hydrogen) atoms. The molecule has 0 spiro atoms. The molecule has 154 valence electrons. The highest BCUT2D eigenvalue weighted by molar-refractivity contribution is 5.85. The number of aryl methyl sites for hydroxylation is 1. The van der Waals surface area contributed by atoms with E-state index in [9.17, 15) is 0 Å². The molecule has 1 aromatic carbocycles. The third kappa shape index (κ3) is 5.26. The van der Waals surface area contributed by atoms with Crippen LogP contribution in [0, 0.1) is 5.92 Å². The van der Waals surface area contributed by atoms with Gasteiger partial charge in [0.25, 0.3) is 5.89 Å². The first kappa shape index (κ1) is 21.1. The Balaban J connectivity index is 0.00000225. The average Bonchev–Trinajstić information content (AvgIpc) is 3.41. The molecule has 2 fully saturated rings. The van der Waals surface area contributed by atoms with E-state index in [-0.39, 0.29) is 12.4 Å². The standard InChI is InChI=1S/C22H31N3O2.ClH/c1-26-20-11-9-18(10-12-20)22-23-21(24-27-22)8-4-5-17-13-15-25(16-14-17)19-6-2-3-7-19;/h9-12,17,19H,2-8,13-16H2,1H3;1H. The van der Waals surface area contributed by atoms with Crippen LogP contribution in [0.5, 0.6) is 5.75 Å². The first-order valence-electron chi connectivity index (χ1n) is 10.5. The van der Waals surface area contributed by atoms with Gasteiger partial charge in [-0.05, 0) is 81.8 Å². The highest BCUT2D eigenvalue weighted by Gasteiger charge is 2.26. The summed E-state index contributed by atoms with van der Waals surface area (Å²) in [7, 11) is 1.67. The molecule has 0 N–H and O–H groups in total. The van der Waals surface area contributed by atoms with Crippen molar-refractivity contribution >= 4 is 12.4 Å². The molecule has 6 heteroatoms. The summed E-state index contributed by atoms with van der Waals surface area (Å²) in [4.78, 5) is 7.31. The fourth-order valence-corrected chi connectivity index (χ4v) is 4.63. The number of halogens is 1. The topological polar surface area (TPSA) is 51.4 Å². The SMILES string of the molecule is COc1ccc(-c2nc(CCCC3CCN(C4CCCC4)CC3)no2)cc1.Cl. The number of aromatic nitrogens is 2. The summed E-state index contributed by atoms with van der Waals surface area (Å²) in [5.41, 5.74) is 0.939. The Bertz CT molecular complexity index is 705. The molecule has 1 saturated carbocycles. The summed E-state index contributed by atoms with van der Waals surface area (Å²) < 4.78 is 10.6. The molecule has 0 radical (unpaired) electrons. The molecule has 4 rings (SSSR count). The number of methoxy groups -OCH3 is 1. The van der Waals surface area contributed by atoms with Crippen molar-refractivity contribution < 1.29 is 9.26 Å². The summed E-state index contributed by atoms with van der Waals surface area (Å²) in [5.74, 6) is 3.12. The predicted octanol–water partition coefficient (Wildman–Crippen LogP) is 5.14. The molecule has 2 aliphatic rings. The quantitative estimate of drug-likeness (QED) is 0.637. The van der Waals surface area contributed by atoms with Crippen LogP contribution in [0.4, 0.5) is 0 Å². The lowest BCUT2D eigenvalue weighted by atomic mass is 9.90. The molecule has 5 nitrogen and oxygen atoms in total. The number of ether oxygens (including phenoxy) is 1. The number of nitrogens with zero attached hydrogens (tertiary/aromatic N) is 3. The molecule has 1 aliphatic carbocycles. The lowest BCUT2D eigenvalue weighted by molar-refractivity contribution is 0.130. The normalized spacial score (nSPS) is 18.9. The Morgan fingerprint density at radius 3 is 2.46 bits per heavy atom. The van der Waals surface area contributed by atoms with Crippen LogP contribution in [0.2, 0.25) is 0 Å². The number of hydrogen-bond donors (Lipinski definition) is 0. The van der Waals surface area contributed by atoms with E-state index in [4.69, 9.17) is 9.26 Å². The lowest BCUT2D eigenvalue weighted by Crippen LogP contribution is -2.40. The van der Waals surface area contributed by atoms with Crippen molar-refractivity contribution in [1.29, 1.82) is 0 Å². The van der Waals surface area contributed by atoms with Crippen molar-refractivity contribution in [3.8, 4) is 17.2 Å². The second kappa shape index (κ2) is 10.3. The van der Waals surface area contributed by atoms with Crippen molar-refractivity contribution in [1.82, 2.24) is 15.0 Å². The van der Waals surface area contributed by atoms with Crippen LogP contribution in [-0.4, -0.2) is 41.3 Å². The monoisotopic (exact) mass is 405 g/mol. The Morgan fingerprint density at radius 2 is 1.79 bits per heavy atom. The maximum absolute atomic E-state index is 5.43. The molecule has 1 aromatic heterocycles. The van der Waals surface area contributed by atoms with Gasteiger partial charge in [0.1, 0.15) is 5.75 Å². The van der Waals surface area contributed by atoms with Crippen molar-refractivity contribution in [2.75, 3.05) is 20.2 Å². The zero-order valence-corrected chi connectivity index (χ0v) is 17.6. The van der Waals surface area contributed by atoms with Gasteiger partial charge in [-0.15, -0.1) is 12.4 Å². The van der Waals surface area contributed by atoms with E-state index in [0.29, 0.717) is 5.89 Å². The minimum Gasteiger partial charge on any atom is -0.497 e. The molecule has 1 saturated heterocycles. The van der Waals surface area contributed by atoms with E-state index in [2.05, 4.69) is 15.0 Å². The van der Waals surface area contributed by atoms with E-state index in [1.807, 2.05) is 24.3 Å². The minimum absolute atomic E-state index is 0. The lowest BCUT2D eigenvalue weighted by Gasteiger charge is -2.36. The summed E-state index contributed by atoms with van der Waals surface area (Å²) in [5, 5.41) is 4.16. The minimum atomic E-state index is 0. The van der Waals surface area contributed by atoms with Gasteiger partial charge >= 0.3 is 0 Å². The first-order valence-corrected chi connectivity index (χ1v) is 10.5. The van der Waals surface area contributed by atoms with E-state index in [1.165, 1.54) is 58.0 Å². The van der Waals surface area contributed by atoms with Crippen molar-refractivity contribution in [2.24, 2.45) is 5.92 Å². The van der Waals surface area contributed by atoms with E-state index in [0.717, 1.165) is 41.9 Å². The highest BCUT2D eigenvalue weighted by atomic mass is 35.5. The van der Waals surface area contributed by atoms with Gasteiger partial charge in [0.2, 0.25) is 0 Å². The maximum atomic E-state index is 5.43. The van der Waals surface area contributed by atoms with E-state index < -0.39 is 0 Å². The predicted molar refractivity (Wildman–Crippen MR) is 113 cm³/mol. The van der Waals surface area contributed by atoms with Gasteiger partial charge < -0.3 is 14.2 Å². The van der Waals surface area contributed by atoms with Crippen LogP contribution >= 0.6 is 12.4 Å². The molecular formula is C22H32ClN3O2. The summed E-state index contributed by atoms with van der Waals surface area (Å²) in [6, 6.07) is 8.62. The second-order valence-electron chi connectivity index (χ2n) is 8.05. The van der Waals surface area contributed by atoms with Gasteiger partial charge in [0.05, 0.1) is 7.11 Å². The van der Waals surface area contributed by atoms with Crippen LogP contribution in [0.15, 0.2) is 28.8 Å². The summed E-state index contributed by atoms with van der Waals surface area (Å²) in [6.45, 7) is 2.61. The van der Waals surface area contributed by atoms with Gasteiger partial charge in [-0.1, -0.05) is 18.0 Å². The van der Waals surface area contributed by atoms with Gasteiger partial charge in [0, 0.05) is 18.0 Å². The number of likely N-dealkylation sites (tertiary alicyclic amines) is 1. The molecule has 0 atom stereocenters. The summed E-state index contributed by atoms with van der Waals surface area (Å²) >= 11 is 0. The van der Waals surface area contributed by atoms with Gasteiger partial charge in [-0.2, -0.15) is 4.98 Å². The van der Waals surface area contributed by atoms with Crippen LogP contribution in [0.3, 0.4) is 0 Å². The van der Waals surface area contributed by atoms with Crippen molar-refractivity contribution in [2.45, 2.75) is 63.8 Å². The third-order valence-corrected chi connectivity index (χ3v) is 6.31. The highest BCUT2D eigenvalue weighted by Crippen LogP contribution is 2.29. The zero-order chi connectivity index (χ0) is 18.5. The zero-order valence-electron chi connectivity index (χ0n) is 16.8. The van der Waals surface area contributed by atoms with Gasteiger partial charge in [0.15, 0.2) is 5.82 Å². The Morgan fingerprint density at radius 1 is 1.07 bits per heavy atom. The van der Waals surface area contributed by atoms with Crippen LogP contribution in [-0.2, 0) is 6.42 Å². The largest absolute Gasteiger partial charge is 0.497 e. The number of benzene rings is 1. The Labute approximate surface area is 174 Å². The summed E-state index contributed by atoms with van der Waals surface area (Å²) in [6.07, 6.45) is 11.8. The fourth-order valence-electron chi connectivity index (χ4n) is 4.63. The second-order valence-corrected chi connectivity index (χ2v) is 8.05. The molecule has 0 unspecified atom stereocenters. The molecular weight excluding hydrogens is 374 g/mol. The first-order chi connectivity index (χ1) is 13.3. The fraction of sp³-hybridized carbons (Fsp3) is 0.636. The Kier molecular flexibility index (Phi) is 7.74. The molecule has 2 heterocycles. The molecule has 1 aliphatic heterocycles. The Hall–Kier alpha value is -1.59. The smallest absolute Gasteiger partial charge is 0.257 e. The molecule has 0 amide bonds. The molecule has 2 aromatic rings. The van der Waals surface area contributed by atoms with Gasteiger partial charge in [-0.3, -0.25) is 0 Å². The van der Waals surface area contributed by atoms with Crippen LogP contribution < -0.4 is 4.74 Å². The number of hydrogen-bond acceptors (Lipinski definition) is 5.